The van der Waals surface area contributed by atoms with E-state index < -0.39 is 17.2 Å². The van der Waals surface area contributed by atoms with Gasteiger partial charge in [0.15, 0.2) is 5.82 Å². The molecule has 156 valence electrons. The van der Waals surface area contributed by atoms with Gasteiger partial charge in [-0.25, -0.2) is 18.6 Å². The van der Waals surface area contributed by atoms with E-state index in [0.717, 1.165) is 18.9 Å². The Morgan fingerprint density at radius 1 is 1.17 bits per heavy atom. The van der Waals surface area contributed by atoms with E-state index in [4.69, 9.17) is 16.3 Å². The molecule has 29 heavy (non-hydrogen) atoms. The Balaban J connectivity index is 1.70. The molecule has 1 aromatic carbocycles. The summed E-state index contributed by atoms with van der Waals surface area (Å²) in [5.41, 5.74) is -0.299. The third-order valence-electron chi connectivity index (χ3n) is 5.46. The second-order valence-corrected chi connectivity index (χ2v) is 9.02. The average Bonchev–Trinajstić information content (AvgIpc) is 2.88. The van der Waals surface area contributed by atoms with E-state index in [1.807, 2.05) is 25.7 Å². The minimum atomic E-state index is -0.774. The molecule has 9 heteroatoms. The van der Waals surface area contributed by atoms with Crippen molar-refractivity contribution in [3.63, 3.8) is 0 Å². The maximum absolute atomic E-state index is 14.4. The predicted molar refractivity (Wildman–Crippen MR) is 106 cm³/mol. The number of aryl methyl sites for hydroxylation is 1. The molecule has 0 aliphatic carbocycles. The third-order valence-corrected chi connectivity index (χ3v) is 5.63. The highest BCUT2D eigenvalue weighted by molar-refractivity contribution is 6.28. The topological polar surface area (TPSA) is 58.6 Å². The van der Waals surface area contributed by atoms with Crippen LogP contribution in [0.1, 0.15) is 39.2 Å². The smallest absolute Gasteiger partial charge is 0.410 e. The zero-order valence-corrected chi connectivity index (χ0v) is 17.6. The van der Waals surface area contributed by atoms with Gasteiger partial charge in [-0.2, -0.15) is 4.98 Å². The standard InChI is InChI=1S/C20H23ClF2N4O2/c1-10-13(22)7-14(23)16-15(10)17(25-18(21)24-16)26-8-11-5-6-12(9-26)27(11)19(28)29-20(2,3)4/h7,11-12H,5-6,8-9H2,1-4H3. The summed E-state index contributed by atoms with van der Waals surface area (Å²) < 4.78 is 34.2. The second-order valence-electron chi connectivity index (χ2n) is 8.68. The van der Waals surface area contributed by atoms with Crippen LogP contribution >= 0.6 is 11.6 Å². The SMILES string of the molecule is Cc1c(F)cc(F)c2nc(Cl)nc(N3CC4CCC(C3)N4C(=O)OC(C)(C)C)c12. The molecule has 2 bridgehead atoms. The largest absolute Gasteiger partial charge is 0.444 e. The Morgan fingerprint density at radius 3 is 2.38 bits per heavy atom. The fraction of sp³-hybridized carbons (Fsp3) is 0.550. The highest BCUT2D eigenvalue weighted by atomic mass is 35.5. The zero-order chi connectivity index (χ0) is 21.1. The number of anilines is 1. The molecule has 0 saturated carbocycles. The van der Waals surface area contributed by atoms with Gasteiger partial charge in [-0.05, 0) is 57.7 Å². The average molecular weight is 425 g/mol. The Bertz CT molecular complexity index is 981. The number of piperazine rings is 1. The fourth-order valence-corrected chi connectivity index (χ4v) is 4.43. The molecule has 2 fully saturated rings. The molecular weight excluding hydrogens is 402 g/mol. The van der Waals surface area contributed by atoms with Gasteiger partial charge in [0.25, 0.3) is 0 Å². The molecule has 3 heterocycles. The first-order valence-electron chi connectivity index (χ1n) is 9.63. The van der Waals surface area contributed by atoms with Crippen LogP contribution in [0, 0.1) is 18.6 Å². The molecule has 0 spiro atoms. The van der Waals surface area contributed by atoms with Crippen LogP contribution in [-0.2, 0) is 4.74 Å². The number of hydrogen-bond acceptors (Lipinski definition) is 5. The lowest BCUT2D eigenvalue weighted by molar-refractivity contribution is 0.0123. The highest BCUT2D eigenvalue weighted by Crippen LogP contribution is 2.37. The first-order chi connectivity index (χ1) is 13.5. The van der Waals surface area contributed by atoms with Crippen molar-refractivity contribution in [2.75, 3.05) is 18.0 Å². The number of aromatic nitrogens is 2. The van der Waals surface area contributed by atoms with Crippen LogP contribution in [-0.4, -0.2) is 51.7 Å². The highest BCUT2D eigenvalue weighted by Gasteiger charge is 2.45. The van der Waals surface area contributed by atoms with Gasteiger partial charge in [0.2, 0.25) is 5.28 Å². The first-order valence-corrected chi connectivity index (χ1v) is 10.0. The maximum Gasteiger partial charge on any atom is 0.410 e. The lowest BCUT2D eigenvalue weighted by Crippen LogP contribution is -2.57. The number of fused-ring (bicyclic) bond motifs is 3. The third kappa shape index (κ3) is 3.58. The van der Waals surface area contributed by atoms with Crippen molar-refractivity contribution in [2.24, 2.45) is 0 Å². The lowest BCUT2D eigenvalue weighted by atomic mass is 10.1. The maximum atomic E-state index is 14.4. The van der Waals surface area contributed by atoms with E-state index >= 15 is 0 Å². The van der Waals surface area contributed by atoms with E-state index in [0.29, 0.717) is 24.3 Å². The van der Waals surface area contributed by atoms with Crippen LogP contribution in [0.5, 0.6) is 0 Å². The summed E-state index contributed by atoms with van der Waals surface area (Å²) in [5, 5.41) is 0.219. The van der Waals surface area contributed by atoms with E-state index in [9.17, 15) is 13.6 Å². The molecule has 4 rings (SSSR count). The summed E-state index contributed by atoms with van der Waals surface area (Å²) in [5.74, 6) is -1.03. The van der Waals surface area contributed by atoms with Crippen molar-refractivity contribution in [3.8, 4) is 0 Å². The molecule has 2 saturated heterocycles. The Labute approximate surface area is 172 Å². The molecule has 2 aliphatic heterocycles. The molecule has 2 atom stereocenters. The number of carbonyl (C=O) groups is 1. The number of ether oxygens (including phenoxy) is 1. The fourth-order valence-electron chi connectivity index (χ4n) is 4.27. The van der Waals surface area contributed by atoms with Crippen molar-refractivity contribution in [2.45, 2.75) is 58.2 Å². The van der Waals surface area contributed by atoms with Crippen molar-refractivity contribution < 1.29 is 18.3 Å². The van der Waals surface area contributed by atoms with Crippen LogP contribution in [0.2, 0.25) is 5.28 Å². The number of halogens is 3. The number of carbonyl (C=O) groups excluding carboxylic acids is 1. The van der Waals surface area contributed by atoms with Gasteiger partial charge >= 0.3 is 6.09 Å². The molecule has 0 radical (unpaired) electrons. The van der Waals surface area contributed by atoms with Crippen molar-refractivity contribution in [3.05, 3.63) is 28.5 Å². The van der Waals surface area contributed by atoms with Crippen molar-refractivity contribution in [1.82, 2.24) is 14.9 Å². The second kappa shape index (κ2) is 6.93. The van der Waals surface area contributed by atoms with Crippen LogP contribution in [0.4, 0.5) is 19.4 Å². The van der Waals surface area contributed by atoms with Crippen molar-refractivity contribution in [1.29, 1.82) is 0 Å². The number of hydrogen-bond donors (Lipinski definition) is 0. The first kappa shape index (κ1) is 20.1. The monoisotopic (exact) mass is 424 g/mol. The van der Waals surface area contributed by atoms with Gasteiger partial charge in [-0.15, -0.1) is 0 Å². The van der Waals surface area contributed by atoms with Gasteiger partial charge in [0.1, 0.15) is 22.8 Å². The predicted octanol–water partition coefficient (Wildman–Crippen LogP) is 4.46. The van der Waals surface area contributed by atoms with Gasteiger partial charge in [-0.1, -0.05) is 0 Å². The lowest BCUT2D eigenvalue weighted by Gasteiger charge is -2.42. The normalized spacial score (nSPS) is 21.8. The van der Waals surface area contributed by atoms with E-state index in [2.05, 4.69) is 9.97 Å². The minimum Gasteiger partial charge on any atom is -0.444 e. The molecule has 2 unspecified atom stereocenters. The van der Waals surface area contributed by atoms with E-state index in [1.165, 1.54) is 0 Å². The Morgan fingerprint density at radius 2 is 1.79 bits per heavy atom. The van der Waals surface area contributed by atoms with Crippen LogP contribution in [0.25, 0.3) is 10.9 Å². The molecular formula is C20H23ClF2N4O2. The molecule has 2 aliphatic rings. The molecule has 6 nitrogen and oxygen atoms in total. The summed E-state index contributed by atoms with van der Waals surface area (Å²) in [4.78, 5) is 24.7. The Kier molecular flexibility index (Phi) is 4.80. The summed E-state index contributed by atoms with van der Waals surface area (Å²) in [7, 11) is 0. The summed E-state index contributed by atoms with van der Waals surface area (Å²) in [6.45, 7) is 8.05. The molecule has 1 amide bonds. The summed E-state index contributed by atoms with van der Waals surface area (Å²) >= 11 is 6.05. The van der Waals surface area contributed by atoms with Crippen LogP contribution in [0.3, 0.4) is 0 Å². The zero-order valence-electron chi connectivity index (χ0n) is 16.8. The van der Waals surface area contributed by atoms with E-state index in [-0.39, 0.29) is 34.5 Å². The molecule has 1 aromatic heterocycles. The van der Waals surface area contributed by atoms with Gasteiger partial charge in [0, 0.05) is 19.2 Å². The number of benzene rings is 1. The van der Waals surface area contributed by atoms with Gasteiger partial charge < -0.3 is 9.64 Å². The van der Waals surface area contributed by atoms with E-state index in [1.54, 1.807) is 11.8 Å². The van der Waals surface area contributed by atoms with Crippen molar-refractivity contribution >= 4 is 34.4 Å². The van der Waals surface area contributed by atoms with Gasteiger partial charge in [0.05, 0.1) is 17.5 Å². The van der Waals surface area contributed by atoms with Crippen LogP contribution < -0.4 is 4.90 Å². The summed E-state index contributed by atoms with van der Waals surface area (Å²) in [6.07, 6.45) is 1.33. The number of nitrogens with zero attached hydrogens (tertiary/aromatic N) is 4. The quantitative estimate of drug-likeness (QED) is 0.633. The molecule has 2 aromatic rings. The molecule has 0 N–H and O–H groups in total. The van der Waals surface area contributed by atoms with Crippen LogP contribution in [0.15, 0.2) is 6.07 Å². The number of rotatable bonds is 1. The minimum absolute atomic E-state index is 0.000758. The van der Waals surface area contributed by atoms with Gasteiger partial charge in [-0.3, -0.25) is 4.90 Å². The number of amides is 1. The summed E-state index contributed by atoms with van der Waals surface area (Å²) in [6, 6.07) is 0.687. The Hall–Kier alpha value is -2.22.